The number of Topliss-reactive ketones (excluding diaryl/α,β-unsaturated/α-hetero) is 1. The number of ether oxygens (including phenoxy) is 2. The predicted molar refractivity (Wildman–Crippen MR) is 66.3 cm³/mol. The maximum atomic E-state index is 11.6. The summed E-state index contributed by atoms with van der Waals surface area (Å²) in [4.78, 5) is 23.0. The van der Waals surface area contributed by atoms with Crippen LogP contribution < -0.4 is 14.8 Å². The number of carbonyl (C=O) groups is 2. The Kier molecular flexibility index (Phi) is 3.66. The van der Waals surface area contributed by atoms with Crippen LogP contribution in [0.15, 0.2) is 12.1 Å². The zero-order valence-corrected chi connectivity index (χ0v) is 10.4. The van der Waals surface area contributed by atoms with Gasteiger partial charge in [0.05, 0.1) is 11.8 Å². The van der Waals surface area contributed by atoms with Gasteiger partial charge in [-0.1, -0.05) is 0 Å². The molecule has 6 nitrogen and oxygen atoms in total. The van der Waals surface area contributed by atoms with Gasteiger partial charge in [0, 0.05) is 11.6 Å². The number of carbonyl (C=O) groups excluding carboxylic acids is 2. The summed E-state index contributed by atoms with van der Waals surface area (Å²) in [6, 6.07) is 4.83. The van der Waals surface area contributed by atoms with E-state index in [1.807, 2.05) is 0 Å². The minimum absolute atomic E-state index is 0.204. The maximum Gasteiger partial charge on any atom is 0.238 e. The summed E-state index contributed by atoms with van der Waals surface area (Å²) < 4.78 is 10.8. The molecule has 1 heterocycles. The van der Waals surface area contributed by atoms with E-state index in [-0.39, 0.29) is 12.2 Å². The second-order valence-corrected chi connectivity index (χ2v) is 3.98. The van der Waals surface area contributed by atoms with Gasteiger partial charge in [-0.25, -0.2) is 0 Å². The van der Waals surface area contributed by atoms with E-state index in [1.54, 1.807) is 18.2 Å². The third-order valence-electron chi connectivity index (χ3n) is 2.58. The second kappa shape index (κ2) is 5.40. The van der Waals surface area contributed by atoms with Crippen molar-refractivity contribution in [1.82, 2.24) is 0 Å². The number of hydrogen-bond acceptors (Lipinski definition) is 5. The fourth-order valence-electron chi connectivity index (χ4n) is 1.75. The van der Waals surface area contributed by atoms with Crippen molar-refractivity contribution in [2.45, 2.75) is 13.3 Å². The molecule has 0 atom stereocenters. The first kappa shape index (κ1) is 12.9. The summed E-state index contributed by atoms with van der Waals surface area (Å²) in [5.74, 6) is 0.282. The smallest absolute Gasteiger partial charge is 0.238 e. The van der Waals surface area contributed by atoms with Gasteiger partial charge in [0.15, 0.2) is 17.3 Å². The lowest BCUT2D eigenvalue weighted by molar-refractivity contribution is -0.115. The zero-order chi connectivity index (χ0) is 13.8. The number of nitriles is 1. The van der Waals surface area contributed by atoms with Crippen LogP contribution in [0.5, 0.6) is 11.5 Å². The number of ketones is 1. The molecule has 0 unspecified atom stereocenters. The van der Waals surface area contributed by atoms with Crippen LogP contribution in [-0.4, -0.2) is 24.9 Å². The van der Waals surface area contributed by atoms with E-state index in [9.17, 15) is 9.59 Å². The van der Waals surface area contributed by atoms with Gasteiger partial charge < -0.3 is 14.8 Å². The Morgan fingerprint density at radius 3 is 2.53 bits per heavy atom. The lowest BCUT2D eigenvalue weighted by Gasteiger charge is -2.20. The molecule has 1 amide bonds. The molecule has 0 radical (unpaired) electrons. The van der Waals surface area contributed by atoms with Crippen LogP contribution in [0.4, 0.5) is 5.69 Å². The summed E-state index contributed by atoms with van der Waals surface area (Å²) in [7, 11) is 0. The third-order valence-corrected chi connectivity index (χ3v) is 2.58. The van der Waals surface area contributed by atoms with E-state index in [0.717, 1.165) is 0 Å². The fourth-order valence-corrected chi connectivity index (χ4v) is 1.75. The number of fused-ring (bicyclic) bond motifs is 1. The first-order chi connectivity index (χ1) is 9.11. The van der Waals surface area contributed by atoms with Crippen molar-refractivity contribution in [3.05, 3.63) is 17.7 Å². The molecule has 0 bridgehead atoms. The lowest BCUT2D eigenvalue weighted by atomic mass is 10.1. The average Bonchev–Trinajstić information content (AvgIpc) is 2.38. The molecular formula is C13H12N2O4. The molecule has 0 saturated heterocycles. The maximum absolute atomic E-state index is 11.6. The van der Waals surface area contributed by atoms with Gasteiger partial charge >= 0.3 is 0 Å². The molecule has 2 rings (SSSR count). The van der Waals surface area contributed by atoms with Crippen LogP contribution in [0.1, 0.15) is 23.7 Å². The van der Waals surface area contributed by atoms with Crippen molar-refractivity contribution in [3.63, 3.8) is 0 Å². The largest absolute Gasteiger partial charge is 0.486 e. The van der Waals surface area contributed by atoms with Crippen molar-refractivity contribution < 1.29 is 19.1 Å². The Hall–Kier alpha value is -2.55. The van der Waals surface area contributed by atoms with Gasteiger partial charge in [0.2, 0.25) is 5.91 Å². The van der Waals surface area contributed by atoms with Crippen LogP contribution in [0.3, 0.4) is 0 Å². The summed E-state index contributed by atoms with van der Waals surface area (Å²) in [5.41, 5.74) is 0.660. The first-order valence-corrected chi connectivity index (χ1v) is 5.73. The highest BCUT2D eigenvalue weighted by molar-refractivity contribution is 6.04. The molecule has 0 aromatic heterocycles. The molecular weight excluding hydrogens is 248 g/mol. The van der Waals surface area contributed by atoms with Gasteiger partial charge in [0.1, 0.15) is 19.6 Å². The van der Waals surface area contributed by atoms with Crippen molar-refractivity contribution in [2.75, 3.05) is 18.5 Å². The monoisotopic (exact) mass is 260 g/mol. The van der Waals surface area contributed by atoms with Gasteiger partial charge in [-0.3, -0.25) is 9.59 Å². The Labute approximate surface area is 109 Å². The number of rotatable bonds is 3. The average molecular weight is 260 g/mol. The van der Waals surface area contributed by atoms with E-state index in [2.05, 4.69) is 5.32 Å². The van der Waals surface area contributed by atoms with Crippen LogP contribution in [0, 0.1) is 11.3 Å². The van der Waals surface area contributed by atoms with Gasteiger partial charge in [-0.2, -0.15) is 5.26 Å². The van der Waals surface area contributed by atoms with Crippen molar-refractivity contribution in [1.29, 1.82) is 5.26 Å². The molecule has 6 heteroatoms. The fraction of sp³-hybridized carbons (Fsp3) is 0.308. The number of benzene rings is 1. The molecule has 1 aromatic rings. The number of anilines is 1. The number of amides is 1. The first-order valence-electron chi connectivity index (χ1n) is 5.73. The molecule has 1 aliphatic rings. The van der Waals surface area contributed by atoms with E-state index in [1.165, 1.54) is 6.92 Å². The topological polar surface area (TPSA) is 88.4 Å². The van der Waals surface area contributed by atoms with Gasteiger partial charge in [-0.05, 0) is 13.0 Å². The highest BCUT2D eigenvalue weighted by Gasteiger charge is 2.19. The molecule has 0 saturated carbocycles. The highest BCUT2D eigenvalue weighted by Crippen LogP contribution is 2.35. The molecule has 19 heavy (non-hydrogen) atoms. The molecule has 0 spiro atoms. The van der Waals surface area contributed by atoms with Crippen LogP contribution in [0.25, 0.3) is 0 Å². The summed E-state index contributed by atoms with van der Waals surface area (Å²) >= 11 is 0. The van der Waals surface area contributed by atoms with Crippen molar-refractivity contribution >= 4 is 17.4 Å². The number of nitrogens with zero attached hydrogens (tertiary/aromatic N) is 1. The Balaban J connectivity index is 2.37. The number of nitrogens with one attached hydrogen (secondary N) is 1. The zero-order valence-electron chi connectivity index (χ0n) is 10.4. The second-order valence-electron chi connectivity index (χ2n) is 3.98. The van der Waals surface area contributed by atoms with Crippen LogP contribution in [0.2, 0.25) is 0 Å². The molecule has 1 aromatic carbocycles. The van der Waals surface area contributed by atoms with Gasteiger partial charge in [-0.15, -0.1) is 0 Å². The minimum Gasteiger partial charge on any atom is -0.486 e. The molecule has 1 N–H and O–H groups in total. The number of hydrogen-bond donors (Lipinski definition) is 1. The standard InChI is InChI=1S/C13H12N2O4/c1-8(16)9-6-11-12(19-5-4-18-11)7-10(9)15-13(17)2-3-14/h6-7H,2,4-5H2,1H3,(H,15,17). The predicted octanol–water partition coefficient (Wildman–Crippen LogP) is 1.51. The normalized spacial score (nSPS) is 12.4. The lowest BCUT2D eigenvalue weighted by Crippen LogP contribution is -2.18. The quantitative estimate of drug-likeness (QED) is 0.832. The van der Waals surface area contributed by atoms with E-state index in [0.29, 0.717) is 36.0 Å². The van der Waals surface area contributed by atoms with E-state index >= 15 is 0 Å². The SMILES string of the molecule is CC(=O)c1cc2c(cc1NC(=O)CC#N)OCCO2. The summed E-state index contributed by atoms with van der Waals surface area (Å²) in [6.07, 6.45) is -0.272. The summed E-state index contributed by atoms with van der Waals surface area (Å²) in [6.45, 7) is 2.23. The minimum atomic E-state index is -0.471. The highest BCUT2D eigenvalue weighted by atomic mass is 16.6. The van der Waals surface area contributed by atoms with Crippen molar-refractivity contribution in [3.8, 4) is 17.6 Å². The van der Waals surface area contributed by atoms with Crippen LogP contribution in [-0.2, 0) is 4.79 Å². The third kappa shape index (κ3) is 2.83. The molecule has 98 valence electrons. The Morgan fingerprint density at radius 1 is 1.32 bits per heavy atom. The van der Waals surface area contributed by atoms with Crippen LogP contribution >= 0.6 is 0 Å². The van der Waals surface area contributed by atoms with E-state index in [4.69, 9.17) is 14.7 Å². The van der Waals surface area contributed by atoms with E-state index < -0.39 is 5.91 Å². The molecule has 0 aliphatic carbocycles. The van der Waals surface area contributed by atoms with Gasteiger partial charge in [0.25, 0.3) is 0 Å². The Morgan fingerprint density at radius 2 is 1.95 bits per heavy atom. The molecule has 1 aliphatic heterocycles. The Bertz CT molecular complexity index is 575. The summed E-state index contributed by atoms with van der Waals surface area (Å²) in [5, 5.41) is 11.0. The molecule has 0 fully saturated rings. The van der Waals surface area contributed by atoms with Crippen molar-refractivity contribution in [2.24, 2.45) is 0 Å².